The van der Waals surface area contributed by atoms with Gasteiger partial charge in [0.05, 0.1) is 16.2 Å². The molecule has 3 aliphatic rings. The Labute approximate surface area is 403 Å². The molecular formula is C57H84N4O6. The quantitative estimate of drug-likeness (QED) is 0.0844. The lowest BCUT2D eigenvalue weighted by molar-refractivity contribution is -0.171. The van der Waals surface area contributed by atoms with Crippen molar-refractivity contribution < 1.29 is 28.6 Å². The van der Waals surface area contributed by atoms with Crippen LogP contribution in [0.3, 0.4) is 0 Å². The van der Waals surface area contributed by atoms with Crippen LogP contribution >= 0.6 is 0 Å². The van der Waals surface area contributed by atoms with Gasteiger partial charge in [0.15, 0.2) is 0 Å². The predicted octanol–water partition coefficient (Wildman–Crippen LogP) is 8.99. The third-order valence-corrected chi connectivity index (χ3v) is 14.6. The minimum atomic E-state index is -0.994. The lowest BCUT2D eigenvalue weighted by Gasteiger charge is -2.44. The molecule has 3 N–H and O–H groups in total. The van der Waals surface area contributed by atoms with Crippen molar-refractivity contribution in [2.24, 2.45) is 34.0 Å². The lowest BCUT2D eigenvalue weighted by atomic mass is 9.80. The minimum Gasteiger partial charge on any atom is -0.461 e. The van der Waals surface area contributed by atoms with Gasteiger partial charge in [-0.2, -0.15) is 0 Å². The zero-order chi connectivity index (χ0) is 48.8. The van der Waals surface area contributed by atoms with E-state index in [9.17, 15) is 14.4 Å². The molecule has 10 nitrogen and oxygen atoms in total. The number of hydrogen-bond acceptors (Lipinski definition) is 10. The van der Waals surface area contributed by atoms with Crippen LogP contribution in [0.5, 0.6) is 0 Å². The van der Waals surface area contributed by atoms with Crippen molar-refractivity contribution in [1.29, 1.82) is 0 Å². The van der Waals surface area contributed by atoms with Crippen LogP contribution in [-0.4, -0.2) is 97.0 Å². The van der Waals surface area contributed by atoms with Crippen LogP contribution in [0, 0.1) is 34.0 Å². The molecule has 3 heterocycles. The van der Waals surface area contributed by atoms with E-state index in [0.29, 0.717) is 19.3 Å². The highest BCUT2D eigenvalue weighted by Crippen LogP contribution is 2.36. The second kappa shape index (κ2) is 21.3. The highest BCUT2D eigenvalue weighted by Gasteiger charge is 2.46. The normalized spacial score (nSPS) is 25.2. The van der Waals surface area contributed by atoms with E-state index < -0.39 is 16.2 Å². The predicted molar refractivity (Wildman–Crippen MR) is 268 cm³/mol. The zero-order valence-electron chi connectivity index (χ0n) is 43.0. The average Bonchev–Trinajstić information content (AvgIpc) is 3.24. The van der Waals surface area contributed by atoms with Gasteiger partial charge in [-0.1, -0.05) is 91.0 Å². The second-order valence-electron chi connectivity index (χ2n) is 24.4. The van der Waals surface area contributed by atoms with Gasteiger partial charge in [-0.15, -0.1) is 0 Å². The Balaban J connectivity index is 1.23. The van der Waals surface area contributed by atoms with Crippen LogP contribution in [0.2, 0.25) is 0 Å². The standard InChI is InChI=1S/C57H84N4O6/c1-52(2,49(62)65-46-31-55(7,8)58-34-43(46)28-40-22-16-13-17-23-40)37-61(38-53(3,4)50(63)66-47-32-56(9,10)59-35-44(47)29-41-24-18-14-19-25-41)39-54(5,6)51(64)67-48-33-57(11,12)60-36-45(48)30-42-26-20-15-21-27-42/h13-27,43-48,58-60H,28-39H2,1-12H3. The molecule has 67 heavy (non-hydrogen) atoms. The molecule has 3 saturated heterocycles. The van der Waals surface area contributed by atoms with Crippen molar-refractivity contribution in [2.45, 2.75) is 157 Å². The van der Waals surface area contributed by atoms with Gasteiger partial charge < -0.3 is 30.2 Å². The molecule has 0 radical (unpaired) electrons. The Morgan fingerprint density at radius 2 is 0.701 bits per heavy atom. The monoisotopic (exact) mass is 921 g/mol. The van der Waals surface area contributed by atoms with Gasteiger partial charge in [-0.25, -0.2) is 0 Å². The summed E-state index contributed by atoms with van der Waals surface area (Å²) in [5.41, 5.74) is 0.0563. The molecule has 0 spiro atoms. The molecule has 0 saturated carbocycles. The molecule has 0 aromatic heterocycles. The number of carbonyl (C=O) groups is 3. The molecular weight excluding hydrogens is 837 g/mol. The van der Waals surface area contributed by atoms with Gasteiger partial charge in [-0.3, -0.25) is 19.3 Å². The summed E-state index contributed by atoms with van der Waals surface area (Å²) in [6.45, 7) is 27.5. The first-order valence-corrected chi connectivity index (χ1v) is 25.0. The lowest BCUT2D eigenvalue weighted by Crippen LogP contribution is -2.57. The Morgan fingerprint density at radius 3 is 0.940 bits per heavy atom. The maximum Gasteiger partial charge on any atom is 0.313 e. The van der Waals surface area contributed by atoms with Crippen molar-refractivity contribution in [2.75, 3.05) is 39.3 Å². The number of esters is 3. The summed E-state index contributed by atoms with van der Waals surface area (Å²) < 4.78 is 19.8. The topological polar surface area (TPSA) is 118 Å². The van der Waals surface area contributed by atoms with Crippen molar-refractivity contribution in [3.05, 3.63) is 108 Å². The summed E-state index contributed by atoms with van der Waals surface area (Å²) in [7, 11) is 0. The number of ether oxygens (including phenoxy) is 3. The molecule has 3 aliphatic heterocycles. The van der Waals surface area contributed by atoms with Crippen LogP contribution < -0.4 is 16.0 Å². The Hall–Kier alpha value is -4.09. The molecule has 6 atom stereocenters. The van der Waals surface area contributed by atoms with Crippen LogP contribution in [-0.2, 0) is 47.9 Å². The van der Waals surface area contributed by atoms with E-state index in [2.05, 4.69) is 135 Å². The highest BCUT2D eigenvalue weighted by molar-refractivity contribution is 5.78. The summed E-state index contributed by atoms with van der Waals surface area (Å²) >= 11 is 0. The van der Waals surface area contributed by atoms with Gasteiger partial charge in [0.25, 0.3) is 0 Å². The number of nitrogens with one attached hydrogen (secondary N) is 3. The molecule has 3 fully saturated rings. The van der Waals surface area contributed by atoms with Crippen molar-refractivity contribution in [3.8, 4) is 0 Å². The Kier molecular flexibility index (Phi) is 16.6. The van der Waals surface area contributed by atoms with E-state index >= 15 is 0 Å². The number of benzene rings is 3. The van der Waals surface area contributed by atoms with Crippen molar-refractivity contribution >= 4 is 17.9 Å². The third-order valence-electron chi connectivity index (χ3n) is 14.6. The van der Waals surface area contributed by atoms with E-state index in [-0.39, 0.29) is 90.2 Å². The van der Waals surface area contributed by atoms with Gasteiger partial charge in [-0.05, 0) is 119 Å². The number of carbonyl (C=O) groups excluding carboxylic acids is 3. The van der Waals surface area contributed by atoms with E-state index in [1.165, 1.54) is 16.7 Å². The fourth-order valence-corrected chi connectivity index (χ4v) is 10.5. The second-order valence-corrected chi connectivity index (χ2v) is 24.4. The maximum atomic E-state index is 14.6. The van der Waals surface area contributed by atoms with Crippen molar-refractivity contribution in [3.63, 3.8) is 0 Å². The molecule has 6 rings (SSSR count). The SMILES string of the molecule is CC1(C)CC(OC(=O)C(C)(C)CN(CC(C)(C)C(=O)OC2CC(C)(C)NCC2Cc2ccccc2)CC(C)(C)C(=O)OC2CC(C)(C)NCC2Cc2ccccc2)C(Cc2ccccc2)CN1. The molecule has 0 aliphatic carbocycles. The highest BCUT2D eigenvalue weighted by atomic mass is 16.6. The Morgan fingerprint density at radius 1 is 0.463 bits per heavy atom. The van der Waals surface area contributed by atoms with Crippen molar-refractivity contribution in [1.82, 2.24) is 20.9 Å². The van der Waals surface area contributed by atoms with Gasteiger partial charge in [0, 0.05) is 92.9 Å². The molecule has 0 bridgehead atoms. The summed E-state index contributed by atoms with van der Waals surface area (Å²) in [5.74, 6) is -0.568. The first kappa shape index (κ1) is 52.3. The summed E-state index contributed by atoms with van der Waals surface area (Å²) in [6.07, 6.45) is 3.58. The average molecular weight is 921 g/mol. The summed E-state index contributed by atoms with van der Waals surface area (Å²) in [5, 5.41) is 11.0. The minimum absolute atomic E-state index is 0.102. The van der Waals surface area contributed by atoms with Crippen LogP contribution in [0.25, 0.3) is 0 Å². The molecule has 3 aromatic rings. The van der Waals surface area contributed by atoms with E-state index in [4.69, 9.17) is 14.2 Å². The summed E-state index contributed by atoms with van der Waals surface area (Å²) in [4.78, 5) is 46.0. The number of nitrogens with zero attached hydrogens (tertiary/aromatic N) is 1. The van der Waals surface area contributed by atoms with Gasteiger partial charge in [0.2, 0.25) is 0 Å². The number of rotatable bonds is 18. The largest absolute Gasteiger partial charge is 0.461 e. The summed E-state index contributed by atoms with van der Waals surface area (Å²) in [6, 6.07) is 31.1. The maximum absolute atomic E-state index is 14.6. The van der Waals surface area contributed by atoms with E-state index in [1.807, 2.05) is 59.7 Å². The molecule has 3 aromatic carbocycles. The zero-order valence-corrected chi connectivity index (χ0v) is 43.0. The van der Waals surface area contributed by atoms with Crippen LogP contribution in [0.15, 0.2) is 91.0 Å². The first-order chi connectivity index (χ1) is 31.3. The molecule has 6 unspecified atom stereocenters. The molecule has 10 heteroatoms. The number of hydrogen-bond donors (Lipinski definition) is 3. The number of piperidine rings is 3. The van der Waals surface area contributed by atoms with Gasteiger partial charge in [0.1, 0.15) is 18.3 Å². The first-order valence-electron chi connectivity index (χ1n) is 25.0. The third kappa shape index (κ3) is 15.0. The fourth-order valence-electron chi connectivity index (χ4n) is 10.5. The molecule has 368 valence electrons. The Bertz CT molecular complexity index is 1850. The van der Waals surface area contributed by atoms with Gasteiger partial charge >= 0.3 is 17.9 Å². The molecule has 0 amide bonds. The van der Waals surface area contributed by atoms with Crippen LogP contribution in [0.4, 0.5) is 0 Å². The smallest absolute Gasteiger partial charge is 0.313 e. The van der Waals surface area contributed by atoms with E-state index in [1.54, 1.807) is 0 Å². The van der Waals surface area contributed by atoms with Crippen LogP contribution in [0.1, 0.15) is 119 Å². The van der Waals surface area contributed by atoms with E-state index in [0.717, 1.165) is 38.9 Å². The fraction of sp³-hybridized carbons (Fsp3) is 0.632.